The first-order chi connectivity index (χ1) is 7.45. The molecule has 0 saturated heterocycles. The molecule has 1 aliphatic carbocycles. The van der Waals surface area contributed by atoms with E-state index in [0.717, 1.165) is 18.8 Å². The van der Waals surface area contributed by atoms with Crippen LogP contribution in [-0.4, -0.2) is 26.8 Å². The Morgan fingerprint density at radius 2 is 1.88 bits per heavy atom. The number of hydrogen-bond acceptors (Lipinski definition) is 3. The largest absolute Gasteiger partial charge is 0.329 e. The van der Waals surface area contributed by atoms with Crippen molar-refractivity contribution in [1.82, 2.24) is 4.72 Å². The zero-order valence-electron chi connectivity index (χ0n) is 10.3. The highest BCUT2D eigenvalue weighted by Crippen LogP contribution is 2.27. The molecule has 0 spiro atoms. The summed E-state index contributed by atoms with van der Waals surface area (Å²) in [7, 11) is -3.20. The summed E-state index contributed by atoms with van der Waals surface area (Å²) < 4.78 is 26.0. The average molecular weight is 248 g/mol. The lowest BCUT2D eigenvalue weighted by molar-refractivity contribution is 0.290. The third-order valence-corrected chi connectivity index (χ3v) is 5.39. The molecule has 1 aliphatic rings. The van der Waals surface area contributed by atoms with Gasteiger partial charge < -0.3 is 5.73 Å². The predicted octanol–water partition coefficient (Wildman–Crippen LogP) is 1.08. The van der Waals surface area contributed by atoms with Crippen LogP contribution in [0.2, 0.25) is 0 Å². The fraction of sp³-hybridized carbons (Fsp3) is 1.00. The molecule has 1 saturated carbocycles. The van der Waals surface area contributed by atoms with Crippen molar-refractivity contribution in [1.29, 1.82) is 0 Å². The highest BCUT2D eigenvalue weighted by molar-refractivity contribution is 7.90. The maximum absolute atomic E-state index is 11.7. The fourth-order valence-corrected chi connectivity index (χ4v) is 3.04. The number of rotatable bonds is 5. The minimum atomic E-state index is -3.20. The molecular weight excluding hydrogens is 224 g/mol. The third kappa shape index (κ3) is 4.03. The van der Waals surface area contributed by atoms with Gasteiger partial charge in [-0.25, -0.2) is 13.1 Å². The fourth-order valence-electron chi connectivity index (χ4n) is 2.04. The van der Waals surface area contributed by atoms with E-state index in [1.807, 2.05) is 0 Å². The van der Waals surface area contributed by atoms with Gasteiger partial charge in [0.15, 0.2) is 0 Å². The zero-order chi connectivity index (χ0) is 12.2. The molecule has 1 rings (SSSR count). The molecule has 0 aromatic rings. The van der Waals surface area contributed by atoms with E-state index >= 15 is 0 Å². The summed E-state index contributed by atoms with van der Waals surface area (Å²) in [5.41, 5.74) is 5.37. The van der Waals surface area contributed by atoms with Crippen LogP contribution in [-0.2, 0) is 10.0 Å². The minimum absolute atomic E-state index is 0.178. The van der Waals surface area contributed by atoms with Crippen LogP contribution >= 0.6 is 0 Å². The second-order valence-electron chi connectivity index (χ2n) is 5.07. The Morgan fingerprint density at radius 3 is 2.38 bits per heavy atom. The van der Waals surface area contributed by atoms with Crippen LogP contribution in [0.15, 0.2) is 0 Å². The van der Waals surface area contributed by atoms with Gasteiger partial charge in [-0.3, -0.25) is 0 Å². The average Bonchev–Trinajstić information content (AvgIpc) is 2.27. The molecule has 5 heteroatoms. The SMILES string of the molecule is CC1CCC(CNS(=O)(=O)C(C)CN)CC1. The van der Waals surface area contributed by atoms with Gasteiger partial charge in [-0.15, -0.1) is 0 Å². The lowest BCUT2D eigenvalue weighted by Crippen LogP contribution is -2.39. The van der Waals surface area contributed by atoms with Crippen molar-refractivity contribution in [2.24, 2.45) is 17.6 Å². The molecule has 1 unspecified atom stereocenters. The van der Waals surface area contributed by atoms with E-state index in [4.69, 9.17) is 5.73 Å². The van der Waals surface area contributed by atoms with E-state index in [1.54, 1.807) is 6.92 Å². The quantitative estimate of drug-likeness (QED) is 0.764. The highest BCUT2D eigenvalue weighted by Gasteiger charge is 2.23. The van der Waals surface area contributed by atoms with Crippen LogP contribution in [0.3, 0.4) is 0 Å². The smallest absolute Gasteiger partial charge is 0.215 e. The maximum atomic E-state index is 11.7. The summed E-state index contributed by atoms with van der Waals surface area (Å²) >= 11 is 0. The van der Waals surface area contributed by atoms with Gasteiger partial charge >= 0.3 is 0 Å². The molecule has 96 valence electrons. The van der Waals surface area contributed by atoms with Gasteiger partial charge in [0.2, 0.25) is 10.0 Å². The standard InChI is InChI=1S/C11H24N2O2S/c1-9-3-5-11(6-4-9)8-13-16(14,15)10(2)7-12/h9-11,13H,3-8,12H2,1-2H3. The van der Waals surface area contributed by atoms with Gasteiger partial charge in [0.05, 0.1) is 5.25 Å². The molecule has 0 aromatic carbocycles. The summed E-state index contributed by atoms with van der Waals surface area (Å²) in [6.45, 7) is 4.67. The van der Waals surface area contributed by atoms with Gasteiger partial charge in [-0.05, 0) is 31.6 Å². The van der Waals surface area contributed by atoms with Gasteiger partial charge in [0.25, 0.3) is 0 Å². The molecule has 4 nitrogen and oxygen atoms in total. The van der Waals surface area contributed by atoms with Gasteiger partial charge in [0, 0.05) is 13.1 Å². The Bertz CT molecular complexity index is 295. The number of hydrogen-bond donors (Lipinski definition) is 2. The van der Waals surface area contributed by atoms with Gasteiger partial charge in [-0.1, -0.05) is 19.8 Å². The molecule has 1 fully saturated rings. The summed E-state index contributed by atoms with van der Waals surface area (Å²) in [5, 5.41) is -0.491. The van der Waals surface area contributed by atoms with Crippen molar-refractivity contribution < 1.29 is 8.42 Å². The molecule has 16 heavy (non-hydrogen) atoms. The lowest BCUT2D eigenvalue weighted by Gasteiger charge is -2.26. The van der Waals surface area contributed by atoms with Crippen LogP contribution < -0.4 is 10.5 Å². The second kappa shape index (κ2) is 5.98. The first kappa shape index (κ1) is 13.9. The number of sulfonamides is 1. The van der Waals surface area contributed by atoms with Crippen LogP contribution in [0, 0.1) is 11.8 Å². The van der Waals surface area contributed by atoms with Crippen molar-refractivity contribution in [3.8, 4) is 0 Å². The molecule has 0 heterocycles. The van der Waals surface area contributed by atoms with Crippen LogP contribution in [0.25, 0.3) is 0 Å². The van der Waals surface area contributed by atoms with E-state index in [9.17, 15) is 8.42 Å². The lowest BCUT2D eigenvalue weighted by atomic mass is 9.83. The van der Waals surface area contributed by atoms with Crippen molar-refractivity contribution in [2.75, 3.05) is 13.1 Å². The molecule has 0 radical (unpaired) electrons. The Morgan fingerprint density at radius 1 is 1.31 bits per heavy atom. The Balaban J connectivity index is 2.34. The summed E-state index contributed by atoms with van der Waals surface area (Å²) in [4.78, 5) is 0. The summed E-state index contributed by atoms with van der Waals surface area (Å²) in [6, 6.07) is 0. The molecule has 0 amide bonds. The third-order valence-electron chi connectivity index (χ3n) is 3.57. The monoisotopic (exact) mass is 248 g/mol. The van der Waals surface area contributed by atoms with E-state index in [1.165, 1.54) is 12.8 Å². The summed E-state index contributed by atoms with van der Waals surface area (Å²) in [5.74, 6) is 1.31. The van der Waals surface area contributed by atoms with Crippen molar-refractivity contribution in [2.45, 2.75) is 44.8 Å². The van der Waals surface area contributed by atoms with Gasteiger partial charge in [-0.2, -0.15) is 0 Å². The zero-order valence-corrected chi connectivity index (χ0v) is 11.1. The molecule has 0 aromatic heterocycles. The van der Waals surface area contributed by atoms with E-state index in [-0.39, 0.29) is 6.54 Å². The molecule has 0 aliphatic heterocycles. The minimum Gasteiger partial charge on any atom is -0.329 e. The molecule has 0 bridgehead atoms. The van der Waals surface area contributed by atoms with Crippen molar-refractivity contribution in [3.63, 3.8) is 0 Å². The van der Waals surface area contributed by atoms with Crippen LogP contribution in [0.5, 0.6) is 0 Å². The second-order valence-corrected chi connectivity index (χ2v) is 7.25. The predicted molar refractivity (Wildman–Crippen MR) is 66.6 cm³/mol. The van der Waals surface area contributed by atoms with Crippen LogP contribution in [0.1, 0.15) is 39.5 Å². The summed E-state index contributed by atoms with van der Waals surface area (Å²) in [6.07, 6.45) is 4.72. The Kier molecular flexibility index (Phi) is 5.21. The maximum Gasteiger partial charge on any atom is 0.215 e. The number of nitrogens with two attached hydrogens (primary N) is 1. The molecule has 3 N–H and O–H groups in total. The van der Waals surface area contributed by atoms with E-state index < -0.39 is 15.3 Å². The van der Waals surface area contributed by atoms with Gasteiger partial charge in [0.1, 0.15) is 0 Å². The van der Waals surface area contributed by atoms with E-state index in [0.29, 0.717) is 12.5 Å². The Labute approximate surface area is 99.0 Å². The molecule has 1 atom stereocenters. The topological polar surface area (TPSA) is 72.2 Å². The van der Waals surface area contributed by atoms with Crippen molar-refractivity contribution in [3.05, 3.63) is 0 Å². The normalized spacial score (nSPS) is 28.9. The Hall–Kier alpha value is -0.130. The van der Waals surface area contributed by atoms with Crippen molar-refractivity contribution >= 4 is 10.0 Å². The first-order valence-corrected chi connectivity index (χ1v) is 7.69. The first-order valence-electron chi connectivity index (χ1n) is 6.14. The van der Waals surface area contributed by atoms with Crippen LogP contribution in [0.4, 0.5) is 0 Å². The highest BCUT2D eigenvalue weighted by atomic mass is 32.2. The van der Waals surface area contributed by atoms with E-state index in [2.05, 4.69) is 11.6 Å². The number of nitrogens with one attached hydrogen (secondary N) is 1. The molecular formula is C11H24N2O2S.